The summed E-state index contributed by atoms with van der Waals surface area (Å²) in [6.07, 6.45) is 0. The van der Waals surface area contributed by atoms with Crippen LogP contribution in [0.5, 0.6) is 11.5 Å². The van der Waals surface area contributed by atoms with E-state index in [1.807, 2.05) is 66.7 Å². The zero-order valence-corrected chi connectivity index (χ0v) is 24.2. The Labute approximate surface area is 260 Å². The number of aromatic nitrogens is 3. The number of rotatable bonds is 4. The summed E-state index contributed by atoms with van der Waals surface area (Å²) in [5.41, 5.74) is 7.34. The van der Waals surface area contributed by atoms with Gasteiger partial charge in [-0.25, -0.2) is 15.0 Å². The predicted octanol–water partition coefficient (Wildman–Crippen LogP) is 10.6. The molecule has 1 aliphatic heterocycles. The Balaban J connectivity index is 1.17. The van der Waals surface area contributed by atoms with Crippen LogP contribution in [-0.2, 0) is 0 Å². The van der Waals surface area contributed by atoms with Gasteiger partial charge in [-0.1, -0.05) is 127 Å². The minimum Gasteiger partial charge on any atom is -0.456 e. The van der Waals surface area contributed by atoms with Crippen molar-refractivity contribution in [1.82, 2.24) is 15.0 Å². The summed E-state index contributed by atoms with van der Waals surface area (Å²) in [6, 6.07) is 52.2. The number of hydrogen-bond acceptors (Lipinski definition) is 4. The Hall–Kier alpha value is -6.13. The van der Waals surface area contributed by atoms with E-state index >= 15 is 0 Å². The largest absolute Gasteiger partial charge is 0.456 e. The van der Waals surface area contributed by atoms with Gasteiger partial charge in [0.05, 0.1) is 0 Å². The van der Waals surface area contributed by atoms with Crippen molar-refractivity contribution in [2.75, 3.05) is 0 Å². The molecule has 0 radical (unpaired) electrons. The molecule has 0 unspecified atom stereocenters. The third kappa shape index (κ3) is 4.35. The predicted molar refractivity (Wildman–Crippen MR) is 182 cm³/mol. The number of fused-ring (bicyclic) bond motifs is 3. The van der Waals surface area contributed by atoms with Gasteiger partial charge in [0, 0.05) is 27.6 Å². The Bertz CT molecular complexity index is 2340. The summed E-state index contributed by atoms with van der Waals surface area (Å²) in [5.74, 6) is 3.50. The van der Waals surface area contributed by atoms with Crippen molar-refractivity contribution in [3.05, 3.63) is 152 Å². The fraction of sp³-hybridized carbons (Fsp3) is 0. The number of nitrogens with zero attached hydrogens (tertiary/aromatic N) is 3. The van der Waals surface area contributed by atoms with E-state index in [-0.39, 0.29) is 0 Å². The second kappa shape index (κ2) is 10.2. The van der Waals surface area contributed by atoms with E-state index in [2.05, 4.69) is 84.9 Å². The maximum atomic E-state index is 6.63. The normalized spacial score (nSPS) is 11.7. The molecule has 0 aliphatic carbocycles. The van der Waals surface area contributed by atoms with Crippen LogP contribution in [0.3, 0.4) is 0 Å². The second-order valence-corrected chi connectivity index (χ2v) is 11.3. The van der Waals surface area contributed by atoms with Crippen LogP contribution in [0, 0.1) is 0 Å². The van der Waals surface area contributed by atoms with E-state index in [0.29, 0.717) is 17.5 Å². The lowest BCUT2D eigenvalue weighted by atomic mass is 9.89. The fourth-order valence-corrected chi connectivity index (χ4v) is 6.32. The Morgan fingerprint density at radius 3 is 1.71 bits per heavy atom. The first-order valence-electron chi connectivity index (χ1n) is 15.0. The summed E-state index contributed by atoms with van der Waals surface area (Å²) < 4.78 is 6.63. The van der Waals surface area contributed by atoms with Crippen molar-refractivity contribution >= 4 is 21.5 Å². The van der Waals surface area contributed by atoms with Crippen molar-refractivity contribution < 1.29 is 4.74 Å². The van der Waals surface area contributed by atoms with E-state index in [4.69, 9.17) is 19.7 Å². The van der Waals surface area contributed by atoms with E-state index in [9.17, 15) is 0 Å². The third-order valence-electron chi connectivity index (χ3n) is 8.51. The van der Waals surface area contributed by atoms with Gasteiger partial charge >= 0.3 is 0 Å². The highest BCUT2D eigenvalue weighted by molar-refractivity contribution is 6.10. The topological polar surface area (TPSA) is 47.9 Å². The highest BCUT2D eigenvalue weighted by Crippen LogP contribution is 2.49. The van der Waals surface area contributed by atoms with Gasteiger partial charge in [0.1, 0.15) is 11.5 Å². The highest BCUT2D eigenvalue weighted by atomic mass is 16.5. The molecule has 0 bridgehead atoms. The molecule has 8 aromatic rings. The monoisotopic (exact) mass is 575 g/mol. The van der Waals surface area contributed by atoms with E-state index < -0.39 is 0 Å². The molecule has 210 valence electrons. The molecule has 0 atom stereocenters. The first-order valence-corrected chi connectivity index (χ1v) is 15.0. The summed E-state index contributed by atoms with van der Waals surface area (Å²) in [4.78, 5) is 14.7. The molecule has 0 fully saturated rings. The zero-order valence-electron chi connectivity index (χ0n) is 24.2. The quantitative estimate of drug-likeness (QED) is 0.209. The van der Waals surface area contributed by atoms with Crippen LogP contribution in [0.1, 0.15) is 0 Å². The van der Waals surface area contributed by atoms with Crippen molar-refractivity contribution in [1.29, 1.82) is 0 Å². The van der Waals surface area contributed by atoms with Crippen LogP contribution in [-0.4, -0.2) is 15.0 Å². The van der Waals surface area contributed by atoms with E-state index in [0.717, 1.165) is 44.7 Å². The maximum absolute atomic E-state index is 6.63. The first kappa shape index (κ1) is 25.4. The van der Waals surface area contributed by atoms with E-state index in [1.165, 1.54) is 27.3 Å². The van der Waals surface area contributed by atoms with Crippen LogP contribution in [0.2, 0.25) is 0 Å². The molecule has 1 aromatic heterocycles. The molecule has 2 heterocycles. The van der Waals surface area contributed by atoms with Gasteiger partial charge < -0.3 is 4.74 Å². The van der Waals surface area contributed by atoms with Crippen LogP contribution in [0.25, 0.3) is 78.0 Å². The maximum Gasteiger partial charge on any atom is 0.164 e. The molecule has 1 aliphatic rings. The Morgan fingerprint density at radius 1 is 0.356 bits per heavy atom. The molecule has 45 heavy (non-hydrogen) atoms. The second-order valence-electron chi connectivity index (χ2n) is 11.3. The lowest BCUT2D eigenvalue weighted by Gasteiger charge is -2.23. The minimum atomic E-state index is 0.602. The molecule has 7 aromatic carbocycles. The van der Waals surface area contributed by atoms with Gasteiger partial charge in [0.2, 0.25) is 0 Å². The number of hydrogen-bond donors (Lipinski definition) is 0. The Morgan fingerprint density at radius 2 is 0.978 bits per heavy atom. The molecule has 0 saturated heterocycles. The summed E-state index contributed by atoms with van der Waals surface area (Å²) in [7, 11) is 0. The standard InChI is InChI=1S/C41H25N3O/c1-3-11-27(12-4-1)39-42-40(28-13-5-2-6-14-28)44-41(43-39)31-20-21-33-35-17-9-16-34-32(22-23-36(38(34)35)45-37(33)25-31)30-19-18-26-10-7-8-15-29(26)24-30/h1-25H. The smallest absolute Gasteiger partial charge is 0.164 e. The molecule has 0 amide bonds. The van der Waals surface area contributed by atoms with Gasteiger partial charge in [-0.3, -0.25) is 0 Å². The zero-order chi connectivity index (χ0) is 29.7. The van der Waals surface area contributed by atoms with Crippen LogP contribution < -0.4 is 4.74 Å². The SMILES string of the molecule is c1ccc(-c2nc(-c3ccccc3)nc(-c3ccc4c(c3)Oc3ccc(-c5ccc6ccccc6c5)c5cccc-4c35)n2)cc1. The first-order chi connectivity index (χ1) is 22.3. The van der Waals surface area contributed by atoms with Gasteiger partial charge in [-0.15, -0.1) is 0 Å². The summed E-state index contributed by atoms with van der Waals surface area (Å²) >= 11 is 0. The summed E-state index contributed by atoms with van der Waals surface area (Å²) in [6.45, 7) is 0. The van der Waals surface area contributed by atoms with Crippen LogP contribution in [0.4, 0.5) is 0 Å². The van der Waals surface area contributed by atoms with Gasteiger partial charge in [0.25, 0.3) is 0 Å². The van der Waals surface area contributed by atoms with Crippen molar-refractivity contribution in [2.24, 2.45) is 0 Å². The highest BCUT2D eigenvalue weighted by Gasteiger charge is 2.23. The van der Waals surface area contributed by atoms with Gasteiger partial charge in [-0.05, 0) is 57.1 Å². The van der Waals surface area contributed by atoms with Crippen LogP contribution >= 0.6 is 0 Å². The number of ether oxygens (including phenoxy) is 1. The van der Waals surface area contributed by atoms with Crippen LogP contribution in [0.15, 0.2) is 152 Å². The molecule has 0 spiro atoms. The van der Waals surface area contributed by atoms with Gasteiger partial charge in [-0.2, -0.15) is 0 Å². The Kier molecular flexibility index (Phi) is 5.78. The molecule has 0 N–H and O–H groups in total. The minimum absolute atomic E-state index is 0.602. The van der Waals surface area contributed by atoms with Gasteiger partial charge in [0.15, 0.2) is 17.5 Å². The molecular weight excluding hydrogens is 550 g/mol. The van der Waals surface area contributed by atoms with Crippen molar-refractivity contribution in [3.63, 3.8) is 0 Å². The average molecular weight is 576 g/mol. The molecule has 0 saturated carbocycles. The molecule has 9 rings (SSSR count). The lowest BCUT2D eigenvalue weighted by molar-refractivity contribution is 0.487. The van der Waals surface area contributed by atoms with E-state index in [1.54, 1.807) is 0 Å². The molecular formula is C41H25N3O. The third-order valence-corrected chi connectivity index (χ3v) is 8.51. The molecule has 4 nitrogen and oxygen atoms in total. The van der Waals surface area contributed by atoms with Crippen molar-refractivity contribution in [2.45, 2.75) is 0 Å². The van der Waals surface area contributed by atoms with Crippen molar-refractivity contribution in [3.8, 4) is 67.9 Å². The fourth-order valence-electron chi connectivity index (χ4n) is 6.32. The average Bonchev–Trinajstić information content (AvgIpc) is 3.12. The number of benzene rings is 7. The lowest BCUT2D eigenvalue weighted by Crippen LogP contribution is -2.01. The summed E-state index contributed by atoms with van der Waals surface area (Å²) in [5, 5.41) is 4.77. The molecule has 4 heteroatoms.